The Balaban J connectivity index is 2.09. The van der Waals surface area contributed by atoms with Gasteiger partial charge in [-0.2, -0.15) is 0 Å². The molecule has 3 nitrogen and oxygen atoms in total. The highest BCUT2D eigenvalue weighted by Crippen LogP contribution is 2.31. The van der Waals surface area contributed by atoms with Gasteiger partial charge in [-0.15, -0.1) is 0 Å². The number of hydrogen-bond acceptors (Lipinski definition) is 3. The molecule has 0 amide bonds. The van der Waals surface area contributed by atoms with E-state index in [1.165, 1.54) is 6.07 Å². The molecule has 100 valence electrons. The maximum atomic E-state index is 13.4. The van der Waals surface area contributed by atoms with E-state index in [4.69, 9.17) is 22.2 Å². The van der Waals surface area contributed by atoms with Crippen LogP contribution in [-0.4, -0.2) is 13.2 Å². The van der Waals surface area contributed by atoms with Gasteiger partial charge in [-0.3, -0.25) is 11.3 Å². The minimum Gasteiger partial charge on any atom is -0.381 e. The Morgan fingerprint density at radius 2 is 2.17 bits per heavy atom. The summed E-state index contributed by atoms with van der Waals surface area (Å²) in [5.41, 5.74) is 3.47. The van der Waals surface area contributed by atoms with Gasteiger partial charge >= 0.3 is 0 Å². The summed E-state index contributed by atoms with van der Waals surface area (Å²) >= 11 is 5.99. The number of benzene rings is 1. The Kier molecular flexibility index (Phi) is 4.95. The minimum atomic E-state index is -0.401. The monoisotopic (exact) mass is 272 g/mol. The van der Waals surface area contributed by atoms with Gasteiger partial charge in [0.2, 0.25) is 0 Å². The molecule has 1 fully saturated rings. The van der Waals surface area contributed by atoms with Crippen LogP contribution in [0.5, 0.6) is 0 Å². The highest BCUT2D eigenvalue weighted by atomic mass is 35.5. The Bertz CT molecular complexity index is 397. The van der Waals surface area contributed by atoms with Gasteiger partial charge < -0.3 is 4.74 Å². The molecule has 1 atom stereocenters. The van der Waals surface area contributed by atoms with Crippen LogP contribution in [-0.2, 0) is 4.74 Å². The number of ether oxygens (including phenoxy) is 1. The van der Waals surface area contributed by atoms with Gasteiger partial charge in [0.15, 0.2) is 0 Å². The predicted octanol–water partition coefficient (Wildman–Crippen LogP) is 2.80. The summed E-state index contributed by atoms with van der Waals surface area (Å²) in [7, 11) is 0. The lowest BCUT2D eigenvalue weighted by Crippen LogP contribution is -2.31. The van der Waals surface area contributed by atoms with E-state index < -0.39 is 5.82 Å². The van der Waals surface area contributed by atoms with E-state index in [1.807, 2.05) is 6.07 Å². The SMILES string of the molecule is NNC(CC1CCOCC1)c1cccc(F)c1Cl. The van der Waals surface area contributed by atoms with Gasteiger partial charge in [-0.1, -0.05) is 23.7 Å². The molecule has 1 saturated heterocycles. The summed E-state index contributed by atoms with van der Waals surface area (Å²) in [5, 5.41) is 0.160. The van der Waals surface area contributed by atoms with Crippen LogP contribution in [0, 0.1) is 11.7 Å². The molecular weight excluding hydrogens is 255 g/mol. The molecule has 1 aromatic rings. The van der Waals surface area contributed by atoms with E-state index in [2.05, 4.69) is 5.43 Å². The van der Waals surface area contributed by atoms with Crippen molar-refractivity contribution in [2.75, 3.05) is 13.2 Å². The largest absolute Gasteiger partial charge is 0.381 e. The van der Waals surface area contributed by atoms with Crippen LogP contribution in [0.25, 0.3) is 0 Å². The molecule has 1 aliphatic heterocycles. The van der Waals surface area contributed by atoms with Gasteiger partial charge in [0.25, 0.3) is 0 Å². The number of halogens is 2. The maximum Gasteiger partial charge on any atom is 0.142 e. The highest BCUT2D eigenvalue weighted by Gasteiger charge is 2.22. The van der Waals surface area contributed by atoms with E-state index in [0.29, 0.717) is 5.92 Å². The molecule has 0 bridgehead atoms. The fourth-order valence-electron chi connectivity index (χ4n) is 2.39. The first kappa shape index (κ1) is 13.7. The second-order valence-corrected chi connectivity index (χ2v) is 5.03. The Labute approximate surface area is 111 Å². The third kappa shape index (κ3) is 3.20. The molecule has 1 aliphatic rings. The zero-order valence-electron chi connectivity index (χ0n) is 10.2. The van der Waals surface area contributed by atoms with E-state index in [-0.39, 0.29) is 11.1 Å². The predicted molar refractivity (Wildman–Crippen MR) is 69.6 cm³/mol. The number of nitrogens with two attached hydrogens (primary N) is 1. The van der Waals surface area contributed by atoms with Gasteiger partial charge in [-0.05, 0) is 36.8 Å². The first-order valence-electron chi connectivity index (χ1n) is 6.20. The second-order valence-electron chi connectivity index (χ2n) is 4.65. The standard InChI is InChI=1S/C13H18ClFN2O/c14-13-10(2-1-3-11(13)15)12(17-16)8-9-4-6-18-7-5-9/h1-3,9,12,17H,4-8,16H2. The van der Waals surface area contributed by atoms with Gasteiger partial charge in [0, 0.05) is 19.3 Å². The molecular formula is C13H18ClFN2O. The summed E-state index contributed by atoms with van der Waals surface area (Å²) in [6.45, 7) is 1.58. The molecule has 0 aromatic heterocycles. The molecule has 0 spiro atoms. The van der Waals surface area contributed by atoms with Crippen LogP contribution in [0.2, 0.25) is 5.02 Å². The number of hydrazine groups is 1. The molecule has 1 unspecified atom stereocenters. The van der Waals surface area contributed by atoms with Crippen molar-refractivity contribution in [3.05, 3.63) is 34.6 Å². The molecule has 5 heteroatoms. The Hall–Kier alpha value is -0.680. The normalized spacial score (nSPS) is 18.8. The summed E-state index contributed by atoms with van der Waals surface area (Å²) in [6.07, 6.45) is 2.89. The van der Waals surface area contributed by atoms with Crippen molar-refractivity contribution in [2.45, 2.75) is 25.3 Å². The van der Waals surface area contributed by atoms with Crippen molar-refractivity contribution in [1.29, 1.82) is 0 Å². The first-order chi connectivity index (χ1) is 8.72. The highest BCUT2D eigenvalue weighted by molar-refractivity contribution is 6.31. The average molecular weight is 273 g/mol. The van der Waals surface area contributed by atoms with Crippen molar-refractivity contribution in [3.63, 3.8) is 0 Å². The summed E-state index contributed by atoms with van der Waals surface area (Å²) in [4.78, 5) is 0. The number of rotatable bonds is 4. The minimum absolute atomic E-state index is 0.115. The molecule has 0 radical (unpaired) electrons. The van der Waals surface area contributed by atoms with Gasteiger partial charge in [0.05, 0.1) is 5.02 Å². The van der Waals surface area contributed by atoms with Crippen molar-refractivity contribution in [1.82, 2.24) is 5.43 Å². The maximum absolute atomic E-state index is 13.4. The second kappa shape index (κ2) is 6.48. The lowest BCUT2D eigenvalue weighted by atomic mass is 9.90. The average Bonchev–Trinajstić information content (AvgIpc) is 2.41. The number of hydrogen-bond donors (Lipinski definition) is 2. The zero-order valence-corrected chi connectivity index (χ0v) is 10.9. The quantitative estimate of drug-likeness (QED) is 0.654. The Morgan fingerprint density at radius 3 is 2.83 bits per heavy atom. The van der Waals surface area contributed by atoms with Crippen LogP contribution >= 0.6 is 11.6 Å². The molecule has 3 N–H and O–H groups in total. The first-order valence-corrected chi connectivity index (χ1v) is 6.58. The molecule has 1 heterocycles. The molecule has 1 aromatic carbocycles. The van der Waals surface area contributed by atoms with Gasteiger partial charge in [0.1, 0.15) is 5.82 Å². The zero-order chi connectivity index (χ0) is 13.0. The lowest BCUT2D eigenvalue weighted by molar-refractivity contribution is 0.0605. The fraction of sp³-hybridized carbons (Fsp3) is 0.538. The summed E-state index contributed by atoms with van der Waals surface area (Å²) in [5.74, 6) is 5.72. The molecule has 0 saturated carbocycles. The summed E-state index contributed by atoms with van der Waals surface area (Å²) in [6, 6.07) is 4.71. The van der Waals surface area contributed by atoms with Crippen LogP contribution < -0.4 is 11.3 Å². The van der Waals surface area contributed by atoms with Gasteiger partial charge in [-0.25, -0.2) is 4.39 Å². The van der Waals surface area contributed by atoms with Crippen molar-refractivity contribution < 1.29 is 9.13 Å². The third-order valence-corrected chi connectivity index (χ3v) is 3.87. The lowest BCUT2D eigenvalue weighted by Gasteiger charge is -2.27. The summed E-state index contributed by atoms with van der Waals surface area (Å²) < 4.78 is 18.8. The van der Waals surface area contributed by atoms with Crippen molar-refractivity contribution in [2.24, 2.45) is 11.8 Å². The molecule has 18 heavy (non-hydrogen) atoms. The topological polar surface area (TPSA) is 47.3 Å². The Morgan fingerprint density at radius 1 is 1.44 bits per heavy atom. The van der Waals surface area contributed by atoms with Crippen LogP contribution in [0.1, 0.15) is 30.9 Å². The van der Waals surface area contributed by atoms with Crippen LogP contribution in [0.15, 0.2) is 18.2 Å². The molecule has 0 aliphatic carbocycles. The number of nitrogens with one attached hydrogen (secondary N) is 1. The molecule has 2 rings (SSSR count). The van der Waals surface area contributed by atoms with E-state index >= 15 is 0 Å². The van der Waals surface area contributed by atoms with E-state index in [1.54, 1.807) is 6.07 Å². The van der Waals surface area contributed by atoms with E-state index in [0.717, 1.165) is 38.0 Å². The van der Waals surface area contributed by atoms with Crippen LogP contribution in [0.4, 0.5) is 4.39 Å². The van der Waals surface area contributed by atoms with E-state index in [9.17, 15) is 4.39 Å². The van der Waals surface area contributed by atoms with Crippen molar-refractivity contribution >= 4 is 11.6 Å². The smallest absolute Gasteiger partial charge is 0.142 e. The fourth-order valence-corrected chi connectivity index (χ4v) is 2.65. The van der Waals surface area contributed by atoms with Crippen LogP contribution in [0.3, 0.4) is 0 Å². The van der Waals surface area contributed by atoms with Crippen molar-refractivity contribution in [3.8, 4) is 0 Å². The third-order valence-electron chi connectivity index (χ3n) is 3.47.